The number of anilines is 1. The Morgan fingerprint density at radius 1 is 1.17 bits per heavy atom. The van der Waals surface area contributed by atoms with Gasteiger partial charge in [-0.2, -0.15) is 0 Å². The maximum atomic E-state index is 11.8. The average Bonchev–Trinajstić information content (AvgIpc) is 3.49. The third-order valence-electron chi connectivity index (χ3n) is 7.21. The number of nitrogens with zero attached hydrogens (tertiary/aromatic N) is 3. The van der Waals surface area contributed by atoms with E-state index in [1.54, 1.807) is 19.0 Å². The van der Waals surface area contributed by atoms with Gasteiger partial charge in [0.15, 0.2) is 0 Å². The third kappa shape index (κ3) is 4.84. The minimum Gasteiger partial charge on any atom is -0.362 e. The molecule has 0 unspecified atom stereocenters. The summed E-state index contributed by atoms with van der Waals surface area (Å²) >= 11 is 12.8. The van der Waals surface area contributed by atoms with Gasteiger partial charge >= 0.3 is 6.03 Å². The van der Waals surface area contributed by atoms with Gasteiger partial charge in [-0.1, -0.05) is 29.3 Å². The minimum absolute atomic E-state index is 0.0332. The van der Waals surface area contributed by atoms with Crippen LogP contribution in [0.5, 0.6) is 0 Å². The number of benzene rings is 1. The number of carbonyl (C=O) groups is 1. The average molecular weight is 453 g/mol. The molecule has 1 aliphatic heterocycles. The Kier molecular flexibility index (Phi) is 6.71. The molecule has 30 heavy (non-hydrogen) atoms. The fourth-order valence-corrected chi connectivity index (χ4v) is 5.56. The molecule has 0 aromatic heterocycles. The van der Waals surface area contributed by atoms with Gasteiger partial charge in [0.1, 0.15) is 0 Å². The summed E-state index contributed by atoms with van der Waals surface area (Å²) in [6, 6.07) is 6.35. The van der Waals surface area contributed by atoms with Crippen molar-refractivity contribution >= 4 is 34.9 Å². The Balaban J connectivity index is 1.24. The van der Waals surface area contributed by atoms with Crippen LogP contribution in [0.1, 0.15) is 44.9 Å². The molecule has 1 heterocycles. The molecular weight excluding hydrogens is 419 g/mol. The van der Waals surface area contributed by atoms with Crippen molar-refractivity contribution in [2.45, 2.75) is 56.5 Å². The second-order valence-corrected chi connectivity index (χ2v) is 10.4. The van der Waals surface area contributed by atoms with Gasteiger partial charge in [0.2, 0.25) is 0 Å². The predicted molar refractivity (Wildman–Crippen MR) is 125 cm³/mol. The van der Waals surface area contributed by atoms with Crippen molar-refractivity contribution in [2.75, 3.05) is 45.2 Å². The standard InChI is InChI=1S/C23H34Cl2N4O/c1-27(2)22(30)26-18-8-6-17(7-9-18)10-13-28-14-15-29(23(16-28)11-12-23)20-5-3-4-19(24)21(20)25/h3-5,17-18H,6-16H2,1-2H3,(H,26,30). The summed E-state index contributed by atoms with van der Waals surface area (Å²) in [5.74, 6) is 0.785. The van der Waals surface area contributed by atoms with E-state index in [0.717, 1.165) is 44.1 Å². The Morgan fingerprint density at radius 2 is 1.90 bits per heavy atom. The number of halogens is 2. The topological polar surface area (TPSA) is 38.8 Å². The van der Waals surface area contributed by atoms with Gasteiger partial charge in [0.25, 0.3) is 0 Å². The second-order valence-electron chi connectivity index (χ2n) is 9.58. The summed E-state index contributed by atoms with van der Waals surface area (Å²) in [6.07, 6.45) is 8.40. The number of carbonyl (C=O) groups excluding carboxylic acids is 1. The van der Waals surface area contributed by atoms with Crippen LogP contribution in [-0.4, -0.2) is 67.7 Å². The van der Waals surface area contributed by atoms with E-state index >= 15 is 0 Å². The first kappa shape index (κ1) is 22.0. The summed E-state index contributed by atoms with van der Waals surface area (Å²) in [7, 11) is 3.60. The van der Waals surface area contributed by atoms with Crippen molar-refractivity contribution < 1.29 is 4.79 Å². The van der Waals surface area contributed by atoms with Gasteiger partial charge < -0.3 is 15.1 Å². The van der Waals surface area contributed by atoms with E-state index in [1.165, 1.54) is 38.6 Å². The van der Waals surface area contributed by atoms with Crippen LogP contribution in [0.4, 0.5) is 10.5 Å². The summed E-state index contributed by atoms with van der Waals surface area (Å²) in [4.78, 5) is 18.6. The molecule has 2 saturated carbocycles. The van der Waals surface area contributed by atoms with Crippen molar-refractivity contribution in [2.24, 2.45) is 5.92 Å². The van der Waals surface area contributed by atoms with Gasteiger partial charge in [0.05, 0.1) is 21.3 Å². The molecule has 2 amide bonds. The monoisotopic (exact) mass is 452 g/mol. The summed E-state index contributed by atoms with van der Waals surface area (Å²) in [5.41, 5.74) is 1.35. The van der Waals surface area contributed by atoms with Crippen LogP contribution in [-0.2, 0) is 0 Å². The third-order valence-corrected chi connectivity index (χ3v) is 8.02. The largest absolute Gasteiger partial charge is 0.362 e. The minimum atomic E-state index is 0.0332. The van der Waals surface area contributed by atoms with Crippen LogP contribution in [0.15, 0.2) is 18.2 Å². The highest BCUT2D eigenvalue weighted by Crippen LogP contribution is 2.49. The molecule has 3 aliphatic rings. The van der Waals surface area contributed by atoms with Crippen molar-refractivity contribution in [1.29, 1.82) is 0 Å². The number of amides is 2. The summed E-state index contributed by atoms with van der Waals surface area (Å²) in [6.45, 7) is 4.41. The van der Waals surface area contributed by atoms with Gasteiger partial charge in [-0.15, -0.1) is 0 Å². The molecule has 4 rings (SSSR count). The van der Waals surface area contributed by atoms with Crippen LogP contribution in [0.2, 0.25) is 10.0 Å². The van der Waals surface area contributed by atoms with E-state index in [9.17, 15) is 4.79 Å². The zero-order chi connectivity index (χ0) is 21.3. The first-order valence-electron chi connectivity index (χ1n) is 11.3. The molecule has 1 aromatic rings. The molecule has 2 aliphatic carbocycles. The van der Waals surface area contributed by atoms with Gasteiger partial charge in [0, 0.05) is 39.8 Å². The Labute approximate surface area is 190 Å². The summed E-state index contributed by atoms with van der Waals surface area (Å²) < 4.78 is 0. The zero-order valence-corrected chi connectivity index (χ0v) is 19.7. The number of hydrogen-bond donors (Lipinski definition) is 1. The van der Waals surface area contributed by atoms with Gasteiger partial charge in [-0.05, 0) is 69.5 Å². The first-order chi connectivity index (χ1) is 14.4. The Morgan fingerprint density at radius 3 is 2.57 bits per heavy atom. The lowest BCUT2D eigenvalue weighted by molar-refractivity contribution is 0.180. The molecule has 5 nitrogen and oxygen atoms in total. The first-order valence-corrected chi connectivity index (χ1v) is 12.1. The van der Waals surface area contributed by atoms with Crippen LogP contribution >= 0.6 is 23.2 Å². The number of piperazine rings is 1. The quantitative estimate of drug-likeness (QED) is 0.692. The van der Waals surface area contributed by atoms with Gasteiger partial charge in [-0.25, -0.2) is 4.79 Å². The zero-order valence-electron chi connectivity index (χ0n) is 18.2. The van der Waals surface area contributed by atoms with Crippen molar-refractivity contribution in [3.05, 3.63) is 28.2 Å². The molecule has 1 N–H and O–H groups in total. The molecule has 1 spiro atoms. The lowest BCUT2D eigenvalue weighted by Gasteiger charge is -2.44. The Hall–Kier alpha value is -1.17. The van der Waals surface area contributed by atoms with Crippen LogP contribution in [0.25, 0.3) is 0 Å². The number of nitrogens with one attached hydrogen (secondary N) is 1. The van der Waals surface area contributed by atoms with E-state index < -0.39 is 0 Å². The number of rotatable bonds is 5. The Bertz CT molecular complexity index is 760. The van der Waals surface area contributed by atoms with Crippen molar-refractivity contribution in [1.82, 2.24) is 15.1 Å². The second kappa shape index (κ2) is 9.13. The van der Waals surface area contributed by atoms with E-state index in [4.69, 9.17) is 23.2 Å². The lowest BCUT2D eigenvalue weighted by Crippen LogP contribution is -2.55. The molecule has 0 radical (unpaired) electrons. The molecule has 166 valence electrons. The molecule has 7 heteroatoms. The van der Waals surface area contributed by atoms with Crippen molar-refractivity contribution in [3.8, 4) is 0 Å². The predicted octanol–water partition coefficient (Wildman–Crippen LogP) is 4.87. The maximum absolute atomic E-state index is 11.8. The molecule has 1 aromatic carbocycles. The molecule has 3 fully saturated rings. The highest BCUT2D eigenvalue weighted by atomic mass is 35.5. The smallest absolute Gasteiger partial charge is 0.317 e. The van der Waals surface area contributed by atoms with E-state index in [-0.39, 0.29) is 11.6 Å². The number of hydrogen-bond acceptors (Lipinski definition) is 3. The summed E-state index contributed by atoms with van der Waals surface area (Å²) in [5, 5.41) is 4.48. The SMILES string of the molecule is CN(C)C(=O)NC1CCC(CCN2CCN(c3cccc(Cl)c3Cl)C3(CC3)C2)CC1. The molecule has 0 atom stereocenters. The van der Waals surface area contributed by atoms with E-state index in [2.05, 4.69) is 21.2 Å². The van der Waals surface area contributed by atoms with Gasteiger partial charge in [-0.3, -0.25) is 4.90 Å². The fourth-order valence-electron chi connectivity index (χ4n) is 5.16. The lowest BCUT2D eigenvalue weighted by atomic mass is 9.84. The molecular formula is C23H34Cl2N4O. The maximum Gasteiger partial charge on any atom is 0.317 e. The van der Waals surface area contributed by atoms with Crippen LogP contribution in [0, 0.1) is 5.92 Å². The van der Waals surface area contributed by atoms with E-state index in [1.807, 2.05) is 12.1 Å². The van der Waals surface area contributed by atoms with Crippen molar-refractivity contribution in [3.63, 3.8) is 0 Å². The highest BCUT2D eigenvalue weighted by molar-refractivity contribution is 6.43. The normalized spacial score (nSPS) is 25.9. The van der Waals surface area contributed by atoms with E-state index in [0.29, 0.717) is 16.1 Å². The fraction of sp³-hybridized carbons (Fsp3) is 0.696. The highest BCUT2D eigenvalue weighted by Gasteiger charge is 2.51. The molecule has 0 bridgehead atoms. The van der Waals surface area contributed by atoms with Crippen LogP contribution in [0.3, 0.4) is 0 Å². The molecule has 1 saturated heterocycles. The van der Waals surface area contributed by atoms with Crippen LogP contribution < -0.4 is 10.2 Å². The number of urea groups is 1.